The van der Waals surface area contributed by atoms with Crippen LogP contribution in [0.3, 0.4) is 0 Å². The second kappa shape index (κ2) is 6.00. The first-order valence-electron chi connectivity index (χ1n) is 5.80. The van der Waals surface area contributed by atoms with Gasteiger partial charge in [0.25, 0.3) is 5.89 Å². The highest BCUT2D eigenvalue weighted by atomic mass is 19.4. The number of ether oxygens (including phenoxy) is 2. The van der Waals surface area contributed by atoms with Crippen molar-refractivity contribution in [1.29, 1.82) is 0 Å². The Morgan fingerprint density at radius 2 is 2.10 bits per heavy atom. The van der Waals surface area contributed by atoms with E-state index < -0.39 is 19.4 Å². The molecule has 1 aromatic heterocycles. The number of aromatic nitrogens is 2. The minimum Gasteiger partial charge on any atom is -0.497 e. The van der Waals surface area contributed by atoms with Crippen LogP contribution in [0.5, 0.6) is 5.75 Å². The van der Waals surface area contributed by atoms with Crippen LogP contribution in [-0.2, 0) is 11.3 Å². The first-order chi connectivity index (χ1) is 9.89. The van der Waals surface area contributed by atoms with Crippen LogP contribution in [0.2, 0.25) is 0 Å². The molecule has 0 atom stereocenters. The SMILES string of the molecule is COc1ccc(-c2nc(COCC(F)(F)F)no2)c(N)c1. The molecule has 0 aliphatic carbocycles. The summed E-state index contributed by atoms with van der Waals surface area (Å²) in [5.41, 5.74) is 6.62. The monoisotopic (exact) mass is 303 g/mol. The second-order valence-electron chi connectivity index (χ2n) is 4.08. The van der Waals surface area contributed by atoms with Crippen LogP contribution >= 0.6 is 0 Å². The van der Waals surface area contributed by atoms with Crippen LogP contribution in [0.25, 0.3) is 11.5 Å². The van der Waals surface area contributed by atoms with Crippen molar-refractivity contribution in [1.82, 2.24) is 10.1 Å². The highest BCUT2D eigenvalue weighted by molar-refractivity contribution is 5.71. The lowest BCUT2D eigenvalue weighted by Gasteiger charge is -2.05. The number of nitrogen functional groups attached to an aromatic ring is 1. The Kier molecular flexibility index (Phi) is 4.32. The van der Waals surface area contributed by atoms with E-state index in [-0.39, 0.29) is 11.7 Å². The average molecular weight is 303 g/mol. The van der Waals surface area contributed by atoms with Crippen molar-refractivity contribution in [3.8, 4) is 17.2 Å². The molecule has 0 bridgehead atoms. The van der Waals surface area contributed by atoms with Crippen LogP contribution in [-0.4, -0.2) is 30.0 Å². The number of rotatable bonds is 5. The summed E-state index contributed by atoms with van der Waals surface area (Å²) >= 11 is 0. The number of benzene rings is 1. The molecule has 0 aliphatic rings. The molecular formula is C12H12F3N3O3. The summed E-state index contributed by atoms with van der Waals surface area (Å²) in [6.45, 7) is -1.78. The van der Waals surface area contributed by atoms with E-state index in [1.165, 1.54) is 7.11 Å². The largest absolute Gasteiger partial charge is 0.497 e. The summed E-state index contributed by atoms with van der Waals surface area (Å²) in [5.74, 6) is 0.662. The number of halogens is 3. The molecular weight excluding hydrogens is 291 g/mol. The van der Waals surface area contributed by atoms with E-state index >= 15 is 0 Å². The van der Waals surface area contributed by atoms with Gasteiger partial charge in [-0.1, -0.05) is 5.16 Å². The maximum Gasteiger partial charge on any atom is 0.411 e. The van der Waals surface area contributed by atoms with E-state index in [2.05, 4.69) is 14.9 Å². The lowest BCUT2D eigenvalue weighted by Crippen LogP contribution is -2.16. The zero-order chi connectivity index (χ0) is 15.5. The summed E-state index contributed by atoms with van der Waals surface area (Å²) in [5, 5.41) is 3.53. The van der Waals surface area contributed by atoms with Crippen LogP contribution in [0.1, 0.15) is 5.82 Å². The van der Waals surface area contributed by atoms with Gasteiger partial charge in [0, 0.05) is 11.8 Å². The standard InChI is InChI=1S/C12H12F3N3O3/c1-19-7-2-3-8(9(16)4-7)11-17-10(18-21-11)5-20-6-12(13,14)15/h2-4H,5-6,16H2,1H3. The Bertz CT molecular complexity index is 613. The van der Waals surface area contributed by atoms with E-state index in [0.717, 1.165) is 0 Å². The van der Waals surface area contributed by atoms with Crippen molar-refractivity contribution in [2.75, 3.05) is 19.5 Å². The van der Waals surface area contributed by atoms with Gasteiger partial charge in [0.1, 0.15) is 19.0 Å². The minimum atomic E-state index is -4.40. The maximum absolute atomic E-state index is 11.9. The van der Waals surface area contributed by atoms with Gasteiger partial charge in [-0.05, 0) is 12.1 Å². The molecule has 1 aromatic carbocycles. The topological polar surface area (TPSA) is 83.4 Å². The highest BCUT2D eigenvalue weighted by Gasteiger charge is 2.27. The van der Waals surface area contributed by atoms with E-state index in [0.29, 0.717) is 17.0 Å². The Hall–Kier alpha value is -2.29. The van der Waals surface area contributed by atoms with Gasteiger partial charge in [0.2, 0.25) is 0 Å². The van der Waals surface area contributed by atoms with Crippen molar-refractivity contribution in [3.63, 3.8) is 0 Å². The third-order valence-corrected chi connectivity index (χ3v) is 2.45. The summed E-state index contributed by atoms with van der Waals surface area (Å²) in [6.07, 6.45) is -4.40. The number of nitrogens with two attached hydrogens (primary N) is 1. The van der Waals surface area contributed by atoms with Crippen LogP contribution in [0.4, 0.5) is 18.9 Å². The van der Waals surface area contributed by atoms with Crippen LogP contribution in [0, 0.1) is 0 Å². The van der Waals surface area contributed by atoms with Gasteiger partial charge in [-0.3, -0.25) is 0 Å². The lowest BCUT2D eigenvalue weighted by molar-refractivity contribution is -0.177. The van der Waals surface area contributed by atoms with Crippen molar-refractivity contribution in [3.05, 3.63) is 24.0 Å². The van der Waals surface area contributed by atoms with E-state index in [1.807, 2.05) is 0 Å². The normalized spacial score (nSPS) is 11.6. The maximum atomic E-state index is 11.9. The average Bonchev–Trinajstić information content (AvgIpc) is 2.85. The number of hydrogen-bond acceptors (Lipinski definition) is 6. The van der Waals surface area contributed by atoms with Gasteiger partial charge in [-0.25, -0.2) is 0 Å². The molecule has 0 aliphatic heterocycles. The fraction of sp³-hybridized carbons (Fsp3) is 0.333. The number of hydrogen-bond donors (Lipinski definition) is 1. The summed E-state index contributed by atoms with van der Waals surface area (Å²) < 4.78 is 50.2. The fourth-order valence-electron chi connectivity index (χ4n) is 1.54. The predicted octanol–water partition coefficient (Wildman–Crippen LogP) is 2.41. The molecule has 2 N–H and O–H groups in total. The molecule has 21 heavy (non-hydrogen) atoms. The Labute approximate surface area is 117 Å². The number of alkyl halides is 3. The van der Waals surface area contributed by atoms with Crippen molar-refractivity contribution in [2.45, 2.75) is 12.8 Å². The van der Waals surface area contributed by atoms with Crippen molar-refractivity contribution in [2.24, 2.45) is 0 Å². The number of nitrogens with zero attached hydrogens (tertiary/aromatic N) is 2. The molecule has 0 amide bonds. The lowest BCUT2D eigenvalue weighted by atomic mass is 10.1. The fourth-order valence-corrected chi connectivity index (χ4v) is 1.54. The van der Waals surface area contributed by atoms with E-state index in [9.17, 15) is 13.2 Å². The molecule has 9 heteroatoms. The molecule has 6 nitrogen and oxygen atoms in total. The Morgan fingerprint density at radius 3 is 2.71 bits per heavy atom. The zero-order valence-electron chi connectivity index (χ0n) is 11.0. The van der Waals surface area contributed by atoms with Gasteiger partial charge in [0.15, 0.2) is 5.82 Å². The summed E-state index contributed by atoms with van der Waals surface area (Å²) in [7, 11) is 1.50. The molecule has 0 saturated heterocycles. The third-order valence-electron chi connectivity index (χ3n) is 2.45. The smallest absolute Gasteiger partial charge is 0.411 e. The molecule has 0 unspecified atom stereocenters. The Balaban J connectivity index is 2.06. The predicted molar refractivity (Wildman–Crippen MR) is 66.4 cm³/mol. The van der Waals surface area contributed by atoms with Gasteiger partial charge >= 0.3 is 6.18 Å². The third kappa shape index (κ3) is 4.09. The first kappa shape index (κ1) is 15.1. The molecule has 114 valence electrons. The second-order valence-corrected chi connectivity index (χ2v) is 4.08. The minimum absolute atomic E-state index is 0.00414. The van der Waals surface area contributed by atoms with Crippen molar-refractivity contribution < 1.29 is 27.2 Å². The first-order valence-corrected chi connectivity index (χ1v) is 5.80. The quantitative estimate of drug-likeness (QED) is 0.854. The van der Waals surface area contributed by atoms with Gasteiger partial charge in [-0.2, -0.15) is 18.2 Å². The molecule has 2 aromatic rings. The summed E-state index contributed by atoms with van der Waals surface area (Å²) in [4.78, 5) is 3.93. The number of methoxy groups -OCH3 is 1. The number of anilines is 1. The van der Waals surface area contributed by atoms with Gasteiger partial charge in [-0.15, -0.1) is 0 Å². The van der Waals surface area contributed by atoms with Gasteiger partial charge < -0.3 is 19.7 Å². The van der Waals surface area contributed by atoms with Gasteiger partial charge in [0.05, 0.1) is 12.7 Å². The van der Waals surface area contributed by atoms with Crippen molar-refractivity contribution >= 4 is 5.69 Å². The Morgan fingerprint density at radius 1 is 1.33 bits per heavy atom. The van der Waals surface area contributed by atoms with E-state index in [4.69, 9.17) is 15.0 Å². The molecule has 0 saturated carbocycles. The molecule has 0 spiro atoms. The molecule has 0 radical (unpaired) electrons. The molecule has 1 heterocycles. The zero-order valence-corrected chi connectivity index (χ0v) is 11.0. The highest BCUT2D eigenvalue weighted by Crippen LogP contribution is 2.28. The molecule has 2 rings (SSSR count). The van der Waals surface area contributed by atoms with Crippen LogP contribution < -0.4 is 10.5 Å². The van der Waals surface area contributed by atoms with Crippen LogP contribution in [0.15, 0.2) is 22.7 Å². The van der Waals surface area contributed by atoms with E-state index in [1.54, 1.807) is 18.2 Å². The summed E-state index contributed by atoms with van der Waals surface area (Å²) in [6, 6.07) is 4.83. The molecule has 0 fully saturated rings.